The summed E-state index contributed by atoms with van der Waals surface area (Å²) in [4.78, 5) is 4.10. The predicted octanol–water partition coefficient (Wildman–Crippen LogP) is 1.37. The van der Waals surface area contributed by atoms with Gasteiger partial charge < -0.3 is 5.41 Å². The van der Waals surface area contributed by atoms with E-state index in [0.717, 1.165) is 5.56 Å². The van der Waals surface area contributed by atoms with Gasteiger partial charge in [0, 0.05) is 23.9 Å². The highest BCUT2D eigenvalue weighted by molar-refractivity contribution is 5.84. The minimum Gasteiger partial charge on any atom is -0.757 e. The van der Waals surface area contributed by atoms with E-state index in [2.05, 4.69) is 16.8 Å². The monoisotopic (exact) mass is 244 g/mol. The molecule has 0 saturated carbocycles. The summed E-state index contributed by atoms with van der Waals surface area (Å²) in [6, 6.07) is 10.8. The van der Waals surface area contributed by atoms with E-state index in [1.54, 1.807) is 30.7 Å². The van der Waals surface area contributed by atoms with E-state index in [4.69, 9.17) is 10.7 Å². The average molecular weight is 244 g/mol. The lowest BCUT2D eigenvalue weighted by atomic mass is 10.2. The van der Waals surface area contributed by atoms with Crippen LogP contribution < -0.4 is 4.57 Å². The van der Waals surface area contributed by atoms with Crippen LogP contribution in [0.3, 0.4) is 0 Å². The van der Waals surface area contributed by atoms with Crippen LogP contribution in [0.15, 0.2) is 48.9 Å². The molecule has 2 rings (SSSR count). The minimum absolute atomic E-state index is 0.0178. The number of nitriles is 1. The molecule has 0 bridgehead atoms. The molecule has 0 radical (unpaired) electrons. The summed E-state index contributed by atoms with van der Waals surface area (Å²) in [6.07, 6.45) is 4.94. The Balaban J connectivity index is 2.24. The smallest absolute Gasteiger partial charge is 0.309 e. The Kier molecular flexibility index (Phi) is 3.83. The van der Waals surface area contributed by atoms with Gasteiger partial charge in [0.15, 0.2) is 18.5 Å². The van der Waals surface area contributed by atoms with Crippen molar-refractivity contribution < 1.29 is 4.57 Å². The van der Waals surface area contributed by atoms with Gasteiger partial charge in [0.05, 0.1) is 0 Å². The van der Waals surface area contributed by atoms with Crippen LogP contribution in [0.2, 0.25) is 0 Å². The first kappa shape index (κ1) is 12.3. The van der Waals surface area contributed by atoms with E-state index in [-0.39, 0.29) is 5.70 Å². The van der Waals surface area contributed by atoms with Crippen LogP contribution in [0, 0.1) is 23.2 Å². The second kappa shape index (κ2) is 5.93. The van der Waals surface area contributed by atoms with E-state index >= 15 is 0 Å². The zero-order chi connectivity index (χ0) is 13.5. The molecule has 4 nitrogen and oxygen atoms in total. The van der Waals surface area contributed by atoms with Crippen molar-refractivity contribution in [3.8, 4) is 17.9 Å². The number of nitrogens with zero attached hydrogens (tertiary/aromatic N) is 4. The molecule has 0 fully saturated rings. The maximum absolute atomic E-state index is 8.73. The molecule has 0 aliphatic rings. The number of allylic oxidation sites excluding steroid dienone is 1. The number of aromatic nitrogens is 2. The number of hydrogen-bond acceptors (Lipinski definition) is 2. The van der Waals surface area contributed by atoms with Gasteiger partial charge in [-0.25, -0.2) is 4.98 Å². The lowest BCUT2D eigenvalue weighted by Gasteiger charge is -1.91. The molecule has 0 unspecified atom stereocenters. The molecule has 0 aromatic carbocycles. The van der Waals surface area contributed by atoms with Crippen molar-refractivity contribution in [2.45, 2.75) is 0 Å². The summed E-state index contributed by atoms with van der Waals surface area (Å²) in [5.74, 6) is 7.71. The summed E-state index contributed by atoms with van der Waals surface area (Å²) in [6.45, 7) is 0. The van der Waals surface area contributed by atoms with Crippen molar-refractivity contribution in [3.05, 3.63) is 65.6 Å². The highest BCUT2D eigenvalue weighted by atomic mass is 14.9. The summed E-state index contributed by atoms with van der Waals surface area (Å²) in [5, 5.41) is 17.5. The lowest BCUT2D eigenvalue weighted by Crippen LogP contribution is -2.30. The third-order valence-corrected chi connectivity index (χ3v) is 2.30. The molecule has 2 heterocycles. The van der Waals surface area contributed by atoms with Crippen LogP contribution in [0.4, 0.5) is 0 Å². The topological polar surface area (TPSA) is 62.9 Å². The molecule has 0 N–H and O–H groups in total. The maximum Gasteiger partial charge on any atom is 0.309 e. The molecule has 0 aliphatic carbocycles. The summed E-state index contributed by atoms with van der Waals surface area (Å²) >= 11 is 0. The fraction of sp³-hybridized carbons (Fsp3) is 0. The van der Waals surface area contributed by atoms with Crippen molar-refractivity contribution in [1.29, 1.82) is 5.26 Å². The lowest BCUT2D eigenvalue weighted by molar-refractivity contribution is -0.576. The van der Waals surface area contributed by atoms with E-state index in [1.165, 1.54) is 4.57 Å². The number of pyridine rings is 2. The molecule has 0 aliphatic heterocycles. The van der Waals surface area contributed by atoms with Crippen LogP contribution in [0.5, 0.6) is 0 Å². The van der Waals surface area contributed by atoms with Crippen molar-refractivity contribution in [1.82, 2.24) is 4.98 Å². The van der Waals surface area contributed by atoms with Crippen LogP contribution in [0.25, 0.3) is 11.1 Å². The summed E-state index contributed by atoms with van der Waals surface area (Å²) in [7, 11) is 0. The van der Waals surface area contributed by atoms with Gasteiger partial charge in [-0.15, -0.1) is 0 Å². The second-order valence-electron chi connectivity index (χ2n) is 3.53. The van der Waals surface area contributed by atoms with Crippen molar-refractivity contribution in [2.75, 3.05) is 0 Å². The molecule has 0 amide bonds. The van der Waals surface area contributed by atoms with Gasteiger partial charge in [0.25, 0.3) is 0 Å². The van der Waals surface area contributed by atoms with Crippen LogP contribution in [0.1, 0.15) is 11.3 Å². The molecule has 4 heteroatoms. The van der Waals surface area contributed by atoms with Gasteiger partial charge >= 0.3 is 5.70 Å². The third kappa shape index (κ3) is 3.14. The first-order valence-corrected chi connectivity index (χ1v) is 5.45. The fourth-order valence-corrected chi connectivity index (χ4v) is 1.37. The van der Waals surface area contributed by atoms with Gasteiger partial charge in [0.2, 0.25) is 0 Å². The van der Waals surface area contributed by atoms with Crippen LogP contribution in [-0.4, -0.2) is 10.9 Å². The number of rotatable bonds is 1. The van der Waals surface area contributed by atoms with Crippen LogP contribution >= 0.6 is 0 Å². The normalized spacial score (nSPS) is 8.58. The standard InChI is InChI=1S/C15H8N4/c16-11-15(12-17)19-9-6-13(7-10-19)4-5-14-3-1-2-8-18-14/h1-3,6-10H. The molecule has 2 aromatic heterocycles. The highest BCUT2D eigenvalue weighted by Crippen LogP contribution is 1.96. The minimum atomic E-state index is 0.0178. The Bertz CT molecular complexity index is 722. The Morgan fingerprint density at radius 2 is 1.95 bits per heavy atom. The zero-order valence-electron chi connectivity index (χ0n) is 9.91. The predicted molar refractivity (Wildman–Crippen MR) is 70.5 cm³/mol. The Labute approximate surface area is 110 Å². The largest absolute Gasteiger partial charge is 0.757 e. The Hall–Kier alpha value is -3.20. The molecule has 19 heavy (non-hydrogen) atoms. The van der Waals surface area contributed by atoms with E-state index in [0.29, 0.717) is 5.69 Å². The zero-order valence-corrected chi connectivity index (χ0v) is 9.91. The third-order valence-electron chi connectivity index (χ3n) is 2.30. The van der Waals surface area contributed by atoms with Crippen molar-refractivity contribution in [2.24, 2.45) is 0 Å². The van der Waals surface area contributed by atoms with Gasteiger partial charge in [0.1, 0.15) is 5.69 Å². The Morgan fingerprint density at radius 1 is 1.16 bits per heavy atom. The SMILES string of the molecule is N#CC(=C=[N-])[n+]1ccc(C#Cc2ccccn2)cc1. The molecular formula is C15H8N4. The van der Waals surface area contributed by atoms with E-state index in [1.807, 2.05) is 30.1 Å². The fourth-order valence-electron chi connectivity index (χ4n) is 1.37. The first-order valence-electron chi connectivity index (χ1n) is 5.45. The van der Waals surface area contributed by atoms with Gasteiger partial charge in [-0.1, -0.05) is 12.0 Å². The van der Waals surface area contributed by atoms with Crippen molar-refractivity contribution >= 4 is 11.6 Å². The molecule has 88 valence electrons. The second-order valence-corrected chi connectivity index (χ2v) is 3.53. The van der Waals surface area contributed by atoms with Crippen LogP contribution in [-0.2, 0) is 0 Å². The Morgan fingerprint density at radius 3 is 2.53 bits per heavy atom. The molecule has 0 atom stereocenters. The molecule has 2 aromatic rings. The van der Waals surface area contributed by atoms with Gasteiger partial charge in [-0.2, -0.15) is 15.7 Å². The molecule has 0 saturated heterocycles. The first-order chi connectivity index (χ1) is 9.33. The average Bonchev–Trinajstić information content (AvgIpc) is 2.49. The summed E-state index contributed by atoms with van der Waals surface area (Å²) in [5.41, 5.74) is 1.50. The highest BCUT2D eigenvalue weighted by Gasteiger charge is 2.04. The van der Waals surface area contributed by atoms with Gasteiger partial charge in [-0.3, -0.25) is 0 Å². The maximum atomic E-state index is 8.73. The van der Waals surface area contributed by atoms with E-state index < -0.39 is 0 Å². The van der Waals surface area contributed by atoms with E-state index in [9.17, 15) is 0 Å². The molecule has 0 spiro atoms. The molecular weight excluding hydrogens is 236 g/mol. The van der Waals surface area contributed by atoms with Crippen molar-refractivity contribution in [3.63, 3.8) is 0 Å². The quantitative estimate of drug-likeness (QED) is 0.329. The van der Waals surface area contributed by atoms with Gasteiger partial charge in [-0.05, 0) is 18.1 Å². The number of hydrogen-bond donors (Lipinski definition) is 0. The summed E-state index contributed by atoms with van der Waals surface area (Å²) < 4.78 is 1.45.